The van der Waals surface area contributed by atoms with Crippen LogP contribution >= 0.6 is 27.3 Å². The third-order valence-electron chi connectivity index (χ3n) is 2.60. The Morgan fingerprint density at radius 3 is 2.73 bits per heavy atom. The van der Waals surface area contributed by atoms with Crippen molar-refractivity contribution in [2.75, 3.05) is 0 Å². The van der Waals surface area contributed by atoms with Gasteiger partial charge in [0.2, 0.25) is 0 Å². The summed E-state index contributed by atoms with van der Waals surface area (Å²) in [7, 11) is 0. The summed E-state index contributed by atoms with van der Waals surface area (Å²) in [5, 5.41) is 1.21. The number of halogens is 1. The van der Waals surface area contributed by atoms with Crippen molar-refractivity contribution in [2.24, 2.45) is 0 Å². The number of aryl methyl sites for hydroxylation is 1. The van der Waals surface area contributed by atoms with E-state index in [1.165, 1.54) is 10.3 Å². The Morgan fingerprint density at radius 2 is 2.07 bits per heavy atom. The zero-order valence-electron chi connectivity index (χ0n) is 8.99. The van der Waals surface area contributed by atoms with Crippen molar-refractivity contribution >= 4 is 37.5 Å². The van der Waals surface area contributed by atoms with Gasteiger partial charge >= 0.3 is 0 Å². The Bertz CT molecular complexity index is 478. The molecule has 0 aromatic carbocycles. The van der Waals surface area contributed by atoms with Gasteiger partial charge in [-0.05, 0) is 13.0 Å². The van der Waals surface area contributed by atoms with Gasteiger partial charge in [0.25, 0.3) is 0 Å². The molecule has 2 nitrogen and oxygen atoms in total. The number of hydrogen-bond acceptors (Lipinski definition) is 3. The summed E-state index contributed by atoms with van der Waals surface area (Å²) in [6.45, 7) is 6.45. The van der Waals surface area contributed by atoms with Gasteiger partial charge in [-0.25, -0.2) is 9.97 Å². The number of thiophene rings is 1. The number of hydrogen-bond donors (Lipinski definition) is 0. The third-order valence-corrected chi connectivity index (χ3v) is 4.36. The van der Waals surface area contributed by atoms with Crippen molar-refractivity contribution in [1.29, 1.82) is 0 Å². The van der Waals surface area contributed by atoms with Gasteiger partial charge in [0.15, 0.2) is 0 Å². The molecular formula is C11H13BrN2S. The summed E-state index contributed by atoms with van der Waals surface area (Å²) < 4.78 is 0. The minimum absolute atomic E-state index is 0.407. The first-order chi connectivity index (χ1) is 7.09. The summed E-state index contributed by atoms with van der Waals surface area (Å²) in [4.78, 5) is 11.5. The molecule has 2 rings (SSSR count). The molecular weight excluding hydrogens is 272 g/mol. The number of alkyl halides is 1. The van der Waals surface area contributed by atoms with Crippen LogP contribution in [0.1, 0.15) is 30.3 Å². The molecule has 0 bridgehead atoms. The predicted octanol–water partition coefficient (Wildman–Crippen LogP) is 3.89. The standard InChI is InChI=1S/C11H13BrN2S/c1-6-4-9-10(7(2)8(3)12)13-5-14-11(9)15-6/h4-5,7-8H,1-3H3. The molecule has 0 saturated carbocycles. The van der Waals surface area contributed by atoms with Gasteiger partial charge in [0.1, 0.15) is 11.2 Å². The summed E-state index contributed by atoms with van der Waals surface area (Å²) in [5.41, 5.74) is 1.15. The fraction of sp³-hybridized carbons (Fsp3) is 0.455. The molecule has 2 aromatic heterocycles. The first-order valence-electron chi connectivity index (χ1n) is 4.94. The molecule has 2 atom stereocenters. The predicted molar refractivity (Wildman–Crippen MR) is 69.0 cm³/mol. The van der Waals surface area contributed by atoms with Crippen LogP contribution in [0.3, 0.4) is 0 Å². The zero-order chi connectivity index (χ0) is 11.0. The van der Waals surface area contributed by atoms with Crippen LogP contribution in [0.2, 0.25) is 0 Å². The van der Waals surface area contributed by atoms with Crippen molar-refractivity contribution in [2.45, 2.75) is 31.5 Å². The second-order valence-electron chi connectivity index (χ2n) is 3.80. The van der Waals surface area contributed by atoms with E-state index in [0.29, 0.717) is 10.7 Å². The van der Waals surface area contributed by atoms with Crippen LogP contribution in [-0.2, 0) is 0 Å². The second-order valence-corrected chi connectivity index (χ2v) is 6.48. The van der Waals surface area contributed by atoms with E-state index in [2.05, 4.69) is 52.7 Å². The first kappa shape index (κ1) is 11.0. The molecule has 0 saturated heterocycles. The normalized spacial score (nSPS) is 15.5. The van der Waals surface area contributed by atoms with Crippen LogP contribution in [0.25, 0.3) is 10.2 Å². The average Bonchev–Trinajstić information content (AvgIpc) is 2.56. The van der Waals surface area contributed by atoms with E-state index in [-0.39, 0.29) is 0 Å². The second kappa shape index (κ2) is 4.18. The SMILES string of the molecule is Cc1cc2c(C(C)C(C)Br)ncnc2s1. The Labute approximate surface area is 102 Å². The van der Waals surface area contributed by atoms with E-state index < -0.39 is 0 Å². The maximum absolute atomic E-state index is 4.41. The van der Waals surface area contributed by atoms with Crippen molar-refractivity contribution < 1.29 is 0 Å². The maximum atomic E-state index is 4.41. The molecule has 0 radical (unpaired) electrons. The number of nitrogens with zero attached hydrogens (tertiary/aromatic N) is 2. The van der Waals surface area contributed by atoms with Gasteiger partial charge in [-0.3, -0.25) is 0 Å². The van der Waals surface area contributed by atoms with Crippen molar-refractivity contribution in [1.82, 2.24) is 9.97 Å². The van der Waals surface area contributed by atoms with Crippen molar-refractivity contribution in [3.8, 4) is 0 Å². The maximum Gasteiger partial charge on any atom is 0.127 e. The van der Waals surface area contributed by atoms with Gasteiger partial charge in [0.05, 0.1) is 5.69 Å². The largest absolute Gasteiger partial charge is 0.240 e. The molecule has 0 aliphatic heterocycles. The molecule has 2 heterocycles. The van der Waals surface area contributed by atoms with Gasteiger partial charge in [-0.1, -0.05) is 29.8 Å². The van der Waals surface area contributed by atoms with E-state index in [0.717, 1.165) is 10.5 Å². The van der Waals surface area contributed by atoms with Crippen LogP contribution in [0.4, 0.5) is 0 Å². The first-order valence-corrected chi connectivity index (χ1v) is 6.68. The van der Waals surface area contributed by atoms with Gasteiger partial charge in [-0.15, -0.1) is 11.3 Å². The van der Waals surface area contributed by atoms with Gasteiger partial charge in [-0.2, -0.15) is 0 Å². The topological polar surface area (TPSA) is 25.8 Å². The lowest BCUT2D eigenvalue weighted by molar-refractivity contribution is 0.739. The highest BCUT2D eigenvalue weighted by Gasteiger charge is 2.17. The smallest absolute Gasteiger partial charge is 0.127 e. The molecule has 15 heavy (non-hydrogen) atoms. The summed E-state index contributed by atoms with van der Waals surface area (Å²) in [6.07, 6.45) is 1.67. The highest BCUT2D eigenvalue weighted by molar-refractivity contribution is 9.09. The molecule has 80 valence electrons. The quantitative estimate of drug-likeness (QED) is 0.782. The summed E-state index contributed by atoms with van der Waals surface area (Å²) in [5.74, 6) is 0.407. The molecule has 0 fully saturated rings. The van der Waals surface area contributed by atoms with E-state index in [1.54, 1.807) is 17.7 Å². The fourth-order valence-corrected chi connectivity index (χ4v) is 2.68. The minimum atomic E-state index is 0.407. The Morgan fingerprint density at radius 1 is 1.33 bits per heavy atom. The van der Waals surface area contributed by atoms with Crippen LogP contribution in [-0.4, -0.2) is 14.8 Å². The van der Waals surface area contributed by atoms with Gasteiger partial charge < -0.3 is 0 Å². The summed E-state index contributed by atoms with van der Waals surface area (Å²) >= 11 is 5.34. The lowest BCUT2D eigenvalue weighted by atomic mass is 10.0. The van der Waals surface area contributed by atoms with Gasteiger partial charge in [0, 0.05) is 21.0 Å². The lowest BCUT2D eigenvalue weighted by Gasteiger charge is -2.13. The van der Waals surface area contributed by atoms with Crippen molar-refractivity contribution in [3.05, 3.63) is 23.0 Å². The van der Waals surface area contributed by atoms with E-state index in [4.69, 9.17) is 0 Å². The Kier molecular flexibility index (Phi) is 3.07. The minimum Gasteiger partial charge on any atom is -0.240 e. The highest BCUT2D eigenvalue weighted by Crippen LogP contribution is 2.31. The van der Waals surface area contributed by atoms with Crippen LogP contribution in [0, 0.1) is 6.92 Å². The molecule has 0 amide bonds. The Balaban J connectivity index is 2.59. The number of aromatic nitrogens is 2. The zero-order valence-corrected chi connectivity index (χ0v) is 11.4. The number of fused-ring (bicyclic) bond motifs is 1. The molecule has 2 aromatic rings. The molecule has 2 unspecified atom stereocenters. The van der Waals surface area contributed by atoms with Crippen molar-refractivity contribution in [3.63, 3.8) is 0 Å². The average molecular weight is 285 g/mol. The fourth-order valence-electron chi connectivity index (χ4n) is 1.57. The van der Waals surface area contributed by atoms with Crippen LogP contribution < -0.4 is 0 Å². The van der Waals surface area contributed by atoms with E-state index >= 15 is 0 Å². The molecule has 0 aliphatic carbocycles. The molecule has 0 aliphatic rings. The monoisotopic (exact) mass is 284 g/mol. The van der Waals surface area contributed by atoms with Crippen LogP contribution in [0.15, 0.2) is 12.4 Å². The van der Waals surface area contributed by atoms with Crippen LogP contribution in [0.5, 0.6) is 0 Å². The Hall–Kier alpha value is -0.480. The lowest BCUT2D eigenvalue weighted by Crippen LogP contribution is -2.07. The number of rotatable bonds is 2. The molecule has 0 spiro atoms. The molecule has 4 heteroatoms. The highest BCUT2D eigenvalue weighted by atomic mass is 79.9. The summed E-state index contributed by atoms with van der Waals surface area (Å²) in [6, 6.07) is 2.18. The van der Waals surface area contributed by atoms with E-state index in [9.17, 15) is 0 Å². The molecule has 0 N–H and O–H groups in total. The van der Waals surface area contributed by atoms with E-state index in [1.807, 2.05) is 0 Å². The third kappa shape index (κ3) is 2.06.